The Hall–Kier alpha value is -2.01. The van der Waals surface area contributed by atoms with Crippen LogP contribution in [0.2, 0.25) is 0 Å². The standard InChI is InChI=1S/C18H27F3N4O3S/c1-13-5-4-6-14(2)16(13)28-12-9-23-17(22-3)24-15-7-10-25(11-8-15)29(26,27)18(19,20)21/h4-6,15H,7-12H2,1-3H3,(H2,22,23,24). The molecule has 1 heterocycles. The van der Waals surface area contributed by atoms with Crippen molar-refractivity contribution in [1.29, 1.82) is 0 Å². The summed E-state index contributed by atoms with van der Waals surface area (Å²) in [5.74, 6) is 1.34. The third kappa shape index (κ3) is 5.99. The Kier molecular flexibility index (Phi) is 7.75. The van der Waals surface area contributed by atoms with E-state index in [1.165, 1.54) is 0 Å². The van der Waals surface area contributed by atoms with Gasteiger partial charge in [0.1, 0.15) is 12.4 Å². The summed E-state index contributed by atoms with van der Waals surface area (Å²) in [6.45, 7) is 4.46. The van der Waals surface area contributed by atoms with Crippen LogP contribution in [0.25, 0.3) is 0 Å². The molecule has 2 N–H and O–H groups in total. The fourth-order valence-electron chi connectivity index (χ4n) is 3.12. The zero-order valence-electron chi connectivity index (χ0n) is 16.7. The van der Waals surface area contributed by atoms with Crippen LogP contribution >= 0.6 is 0 Å². The molecule has 1 saturated heterocycles. The number of piperidine rings is 1. The molecule has 1 aliphatic heterocycles. The second-order valence-corrected chi connectivity index (χ2v) is 8.77. The maximum atomic E-state index is 12.6. The SMILES string of the molecule is CN=C(NCCOc1c(C)cccc1C)NC1CCN(S(=O)(=O)C(F)(F)F)CC1. The molecule has 1 aromatic rings. The van der Waals surface area contributed by atoms with Crippen molar-refractivity contribution >= 4 is 16.0 Å². The topological polar surface area (TPSA) is 83.0 Å². The maximum Gasteiger partial charge on any atom is 0.511 e. The number of benzene rings is 1. The predicted molar refractivity (Wildman–Crippen MR) is 105 cm³/mol. The second-order valence-electron chi connectivity index (χ2n) is 6.84. The average molecular weight is 437 g/mol. The molecule has 0 aromatic heterocycles. The molecule has 29 heavy (non-hydrogen) atoms. The number of hydrogen-bond donors (Lipinski definition) is 2. The number of guanidine groups is 1. The number of alkyl halides is 3. The van der Waals surface area contributed by atoms with Gasteiger partial charge in [-0.2, -0.15) is 17.5 Å². The third-order valence-electron chi connectivity index (χ3n) is 4.70. The smallest absolute Gasteiger partial charge is 0.491 e. The highest BCUT2D eigenvalue weighted by Crippen LogP contribution is 2.29. The molecule has 0 atom stereocenters. The fraction of sp³-hybridized carbons (Fsp3) is 0.611. The summed E-state index contributed by atoms with van der Waals surface area (Å²) in [5.41, 5.74) is -3.17. The van der Waals surface area contributed by atoms with Gasteiger partial charge in [0, 0.05) is 26.2 Å². The summed E-state index contributed by atoms with van der Waals surface area (Å²) in [4.78, 5) is 4.10. The van der Waals surface area contributed by atoms with E-state index in [4.69, 9.17) is 4.74 Å². The first kappa shape index (κ1) is 23.3. The number of nitrogens with zero attached hydrogens (tertiary/aromatic N) is 2. The lowest BCUT2D eigenvalue weighted by Gasteiger charge is -2.32. The summed E-state index contributed by atoms with van der Waals surface area (Å²) in [5, 5.41) is 6.21. The van der Waals surface area contributed by atoms with Crippen LogP contribution in [0.3, 0.4) is 0 Å². The van der Waals surface area contributed by atoms with E-state index in [0.29, 0.717) is 23.4 Å². The van der Waals surface area contributed by atoms with Crippen LogP contribution in [0.4, 0.5) is 13.2 Å². The minimum atomic E-state index is -5.26. The van der Waals surface area contributed by atoms with Crippen molar-refractivity contribution in [1.82, 2.24) is 14.9 Å². The van der Waals surface area contributed by atoms with E-state index in [0.717, 1.165) is 16.9 Å². The molecule has 1 aromatic carbocycles. The molecule has 0 spiro atoms. The molecule has 0 saturated carbocycles. The quantitative estimate of drug-likeness (QED) is 0.406. The van der Waals surface area contributed by atoms with E-state index >= 15 is 0 Å². The molecule has 0 amide bonds. The van der Waals surface area contributed by atoms with Gasteiger partial charge in [-0.1, -0.05) is 18.2 Å². The van der Waals surface area contributed by atoms with E-state index in [-0.39, 0.29) is 32.0 Å². The number of aliphatic imine (C=N–C) groups is 1. The van der Waals surface area contributed by atoms with Gasteiger partial charge in [0.25, 0.3) is 0 Å². The van der Waals surface area contributed by atoms with Crippen LogP contribution in [-0.4, -0.2) is 63.5 Å². The van der Waals surface area contributed by atoms with Crippen LogP contribution in [0.5, 0.6) is 5.75 Å². The number of nitrogens with one attached hydrogen (secondary N) is 2. The molecular formula is C18H27F3N4O3S. The number of rotatable bonds is 6. The van der Waals surface area contributed by atoms with Crippen molar-refractivity contribution in [2.45, 2.75) is 38.2 Å². The molecule has 1 aliphatic rings. The first-order valence-electron chi connectivity index (χ1n) is 9.29. The van der Waals surface area contributed by atoms with E-state index in [1.54, 1.807) is 7.05 Å². The summed E-state index contributed by atoms with van der Waals surface area (Å²) >= 11 is 0. The molecule has 0 bridgehead atoms. The minimum absolute atomic E-state index is 0.166. The molecule has 164 valence electrons. The van der Waals surface area contributed by atoms with Gasteiger partial charge in [-0.05, 0) is 37.8 Å². The summed E-state index contributed by atoms with van der Waals surface area (Å²) in [6.07, 6.45) is 0.518. The van der Waals surface area contributed by atoms with Crippen LogP contribution in [0, 0.1) is 13.8 Å². The number of para-hydroxylation sites is 1. The Labute approximate surface area is 169 Å². The molecule has 7 nitrogen and oxygen atoms in total. The Balaban J connectivity index is 1.77. The molecular weight excluding hydrogens is 409 g/mol. The molecule has 1 fully saturated rings. The normalized spacial score (nSPS) is 17.2. The van der Waals surface area contributed by atoms with Crippen LogP contribution in [0.1, 0.15) is 24.0 Å². The molecule has 0 radical (unpaired) electrons. The van der Waals surface area contributed by atoms with E-state index in [2.05, 4.69) is 15.6 Å². The summed E-state index contributed by atoms with van der Waals surface area (Å²) < 4.78 is 67.1. The van der Waals surface area contributed by atoms with Crippen LogP contribution in [0.15, 0.2) is 23.2 Å². The van der Waals surface area contributed by atoms with E-state index in [9.17, 15) is 21.6 Å². The van der Waals surface area contributed by atoms with Gasteiger partial charge >= 0.3 is 15.5 Å². The monoisotopic (exact) mass is 436 g/mol. The van der Waals surface area contributed by atoms with E-state index in [1.807, 2.05) is 32.0 Å². The highest BCUT2D eigenvalue weighted by atomic mass is 32.2. The highest BCUT2D eigenvalue weighted by molar-refractivity contribution is 7.90. The summed E-state index contributed by atoms with van der Waals surface area (Å²) in [6, 6.07) is 5.75. The van der Waals surface area contributed by atoms with Crippen molar-refractivity contribution in [3.05, 3.63) is 29.3 Å². The van der Waals surface area contributed by atoms with Crippen LogP contribution in [-0.2, 0) is 10.0 Å². The lowest BCUT2D eigenvalue weighted by molar-refractivity contribution is -0.0494. The van der Waals surface area contributed by atoms with Gasteiger partial charge in [-0.25, -0.2) is 8.42 Å². The average Bonchev–Trinajstić information content (AvgIpc) is 2.65. The van der Waals surface area contributed by atoms with Gasteiger partial charge in [-0.3, -0.25) is 4.99 Å². The van der Waals surface area contributed by atoms with E-state index < -0.39 is 15.5 Å². The van der Waals surface area contributed by atoms with Crippen molar-refractivity contribution in [3.63, 3.8) is 0 Å². The maximum absolute atomic E-state index is 12.6. The van der Waals surface area contributed by atoms with Gasteiger partial charge in [0.2, 0.25) is 0 Å². The zero-order valence-corrected chi connectivity index (χ0v) is 17.5. The summed E-state index contributed by atoms with van der Waals surface area (Å²) in [7, 11) is -3.68. The molecule has 11 heteroatoms. The molecule has 2 rings (SSSR count). The lowest BCUT2D eigenvalue weighted by Crippen LogP contribution is -2.52. The molecule has 0 unspecified atom stereocenters. The minimum Gasteiger partial charge on any atom is -0.491 e. The Morgan fingerprint density at radius 1 is 1.24 bits per heavy atom. The number of sulfonamides is 1. The van der Waals surface area contributed by atoms with Gasteiger partial charge < -0.3 is 15.4 Å². The zero-order chi connectivity index (χ0) is 21.7. The number of ether oxygens (including phenoxy) is 1. The Bertz CT molecular complexity index is 800. The highest BCUT2D eigenvalue weighted by Gasteiger charge is 2.50. The van der Waals surface area contributed by atoms with Crippen molar-refractivity contribution in [2.75, 3.05) is 33.3 Å². The van der Waals surface area contributed by atoms with Crippen LogP contribution < -0.4 is 15.4 Å². The number of aryl methyl sites for hydroxylation is 2. The van der Waals surface area contributed by atoms with Gasteiger partial charge in [0.05, 0.1) is 6.54 Å². The number of hydrogen-bond acceptors (Lipinski definition) is 4. The Morgan fingerprint density at radius 3 is 2.34 bits per heavy atom. The van der Waals surface area contributed by atoms with Gasteiger partial charge in [-0.15, -0.1) is 0 Å². The van der Waals surface area contributed by atoms with Gasteiger partial charge in [0.15, 0.2) is 5.96 Å². The second kappa shape index (κ2) is 9.66. The predicted octanol–water partition coefficient (Wildman–Crippen LogP) is 2.16. The number of halogens is 3. The molecule has 0 aliphatic carbocycles. The Morgan fingerprint density at radius 2 is 1.83 bits per heavy atom. The van der Waals surface area contributed by atoms with Crippen molar-refractivity contribution < 1.29 is 26.3 Å². The first-order valence-corrected chi connectivity index (χ1v) is 10.7. The van der Waals surface area contributed by atoms with Crippen molar-refractivity contribution in [3.8, 4) is 5.75 Å². The fourth-order valence-corrected chi connectivity index (χ4v) is 4.11. The lowest BCUT2D eigenvalue weighted by atomic mass is 10.1. The first-order chi connectivity index (χ1) is 13.6. The van der Waals surface area contributed by atoms with Crippen molar-refractivity contribution in [2.24, 2.45) is 4.99 Å². The third-order valence-corrected chi connectivity index (χ3v) is 6.33. The largest absolute Gasteiger partial charge is 0.511 e.